The van der Waals surface area contributed by atoms with Gasteiger partial charge in [0.2, 0.25) is 0 Å². The maximum absolute atomic E-state index is 8.24. The highest BCUT2D eigenvalue weighted by molar-refractivity contribution is 5.45. The average molecular weight is 146 g/mol. The fraction of sp³-hybridized carbons (Fsp3) is 0. The van der Waals surface area contributed by atoms with E-state index in [9.17, 15) is 0 Å². The molecule has 0 saturated heterocycles. The maximum atomic E-state index is 8.24. The van der Waals surface area contributed by atoms with Crippen LogP contribution in [0.15, 0.2) is 36.9 Å². The summed E-state index contributed by atoms with van der Waals surface area (Å²) in [5.41, 5.74) is 1.17. The minimum absolute atomic E-state index is 0.500. The molecule has 0 N–H and O–H groups in total. The van der Waals surface area contributed by atoms with Crippen LogP contribution >= 0.6 is 0 Å². The van der Waals surface area contributed by atoms with Crippen molar-refractivity contribution >= 4 is 12.2 Å². The lowest BCUT2D eigenvalue weighted by molar-refractivity contribution is 0.569. The Balaban J connectivity index is 0.000000292. The molecule has 56 valence electrons. The summed E-state index contributed by atoms with van der Waals surface area (Å²) < 4.78 is 0. The standard InChI is InChI=1S/C8H8.CNO/c1-2-8-6-4-3-5-7-8;2-1-3/h2-7H,1H2;/q;-1. The highest BCUT2D eigenvalue weighted by Crippen LogP contribution is 1.97. The van der Waals surface area contributed by atoms with Gasteiger partial charge in [0.25, 0.3) is 0 Å². The fourth-order valence-corrected chi connectivity index (χ4v) is 0.589. The first-order valence-corrected chi connectivity index (χ1v) is 3.04. The molecule has 1 rings (SSSR count). The van der Waals surface area contributed by atoms with E-state index in [1.165, 1.54) is 5.56 Å². The van der Waals surface area contributed by atoms with Crippen molar-refractivity contribution in [1.29, 1.82) is 0 Å². The monoisotopic (exact) mass is 146 g/mol. The van der Waals surface area contributed by atoms with Crippen LogP contribution in [0.25, 0.3) is 11.5 Å². The van der Waals surface area contributed by atoms with Gasteiger partial charge in [-0.15, -0.1) is 0 Å². The SMILES string of the molecule is C=Cc1ccccc1.[N-]=C=O. The number of hydrogen-bond acceptors (Lipinski definition) is 1. The summed E-state index contributed by atoms with van der Waals surface area (Å²) in [4.78, 5) is 8.24. The molecular weight excluding hydrogens is 138 g/mol. The number of carbonyl (C=O) groups excluding carboxylic acids is 1. The second kappa shape index (κ2) is 6.46. The molecule has 0 spiro atoms. The molecule has 0 saturated carbocycles. The number of isocyanates is 1. The van der Waals surface area contributed by atoms with Crippen LogP contribution < -0.4 is 0 Å². The van der Waals surface area contributed by atoms with Gasteiger partial charge in [-0.05, 0) is 11.6 Å². The lowest BCUT2D eigenvalue weighted by atomic mass is 10.2. The molecule has 0 atom stereocenters. The van der Waals surface area contributed by atoms with E-state index in [-0.39, 0.29) is 0 Å². The molecule has 0 aliphatic heterocycles. The largest absolute Gasteiger partial charge is 0.724 e. The first kappa shape index (κ1) is 9.34. The van der Waals surface area contributed by atoms with Crippen molar-refractivity contribution in [3.63, 3.8) is 0 Å². The van der Waals surface area contributed by atoms with Crippen molar-refractivity contribution in [2.24, 2.45) is 0 Å². The van der Waals surface area contributed by atoms with Crippen LogP contribution in [0.3, 0.4) is 0 Å². The fourth-order valence-electron chi connectivity index (χ4n) is 0.589. The molecule has 1 aromatic rings. The Kier molecular flexibility index (Phi) is 5.49. The lowest BCUT2D eigenvalue weighted by Crippen LogP contribution is -1.63. The van der Waals surface area contributed by atoms with E-state index >= 15 is 0 Å². The third-order valence-corrected chi connectivity index (χ3v) is 1.04. The Morgan fingerprint density at radius 3 is 2.09 bits per heavy atom. The second-order valence-electron chi connectivity index (χ2n) is 1.71. The topological polar surface area (TPSA) is 39.4 Å². The van der Waals surface area contributed by atoms with Crippen LogP contribution in [-0.4, -0.2) is 6.08 Å². The van der Waals surface area contributed by atoms with Gasteiger partial charge < -0.3 is 5.41 Å². The van der Waals surface area contributed by atoms with Gasteiger partial charge in [0.1, 0.15) is 0 Å². The van der Waals surface area contributed by atoms with Crippen molar-refractivity contribution in [1.82, 2.24) is 0 Å². The molecule has 0 aliphatic rings. The zero-order valence-electron chi connectivity index (χ0n) is 6.03. The van der Waals surface area contributed by atoms with E-state index in [1.54, 1.807) is 0 Å². The predicted octanol–water partition coefficient (Wildman–Crippen LogP) is 2.22. The van der Waals surface area contributed by atoms with Crippen molar-refractivity contribution in [3.8, 4) is 0 Å². The van der Waals surface area contributed by atoms with Crippen LogP contribution in [0.1, 0.15) is 5.56 Å². The van der Waals surface area contributed by atoms with Crippen molar-refractivity contribution in [2.45, 2.75) is 0 Å². The number of benzene rings is 1. The normalized spacial score (nSPS) is 6.91. The highest BCUT2D eigenvalue weighted by Gasteiger charge is 1.75. The average Bonchev–Trinajstić information content (AvgIpc) is 2.08. The van der Waals surface area contributed by atoms with E-state index in [4.69, 9.17) is 10.2 Å². The van der Waals surface area contributed by atoms with Gasteiger partial charge in [-0.3, -0.25) is 4.79 Å². The highest BCUT2D eigenvalue weighted by atomic mass is 16.1. The summed E-state index contributed by atoms with van der Waals surface area (Å²) in [5.74, 6) is 0. The quantitative estimate of drug-likeness (QED) is 0.442. The van der Waals surface area contributed by atoms with Crippen molar-refractivity contribution in [3.05, 3.63) is 47.9 Å². The van der Waals surface area contributed by atoms with Crippen molar-refractivity contribution < 1.29 is 4.79 Å². The molecule has 0 amide bonds. The maximum Gasteiger partial charge on any atom is -0.0159 e. The number of hydrogen-bond donors (Lipinski definition) is 0. The second-order valence-corrected chi connectivity index (χ2v) is 1.71. The number of nitrogens with zero attached hydrogens (tertiary/aromatic N) is 1. The minimum atomic E-state index is 0.500. The summed E-state index contributed by atoms with van der Waals surface area (Å²) in [7, 11) is 0. The molecule has 0 radical (unpaired) electrons. The molecule has 11 heavy (non-hydrogen) atoms. The lowest BCUT2D eigenvalue weighted by Gasteiger charge is -1.85. The zero-order valence-corrected chi connectivity index (χ0v) is 6.03. The van der Waals surface area contributed by atoms with Crippen LogP contribution in [0.2, 0.25) is 0 Å². The molecular formula is C9H8NO-. The van der Waals surface area contributed by atoms with Gasteiger partial charge in [0.05, 0.1) is 0 Å². The molecule has 0 heterocycles. The van der Waals surface area contributed by atoms with Crippen LogP contribution in [-0.2, 0) is 4.79 Å². The molecule has 2 heteroatoms. The number of rotatable bonds is 1. The van der Waals surface area contributed by atoms with E-state index in [0.29, 0.717) is 6.08 Å². The summed E-state index contributed by atoms with van der Waals surface area (Å²) in [6.45, 7) is 3.63. The molecule has 0 bridgehead atoms. The van der Waals surface area contributed by atoms with Gasteiger partial charge in [0, 0.05) is 0 Å². The molecule has 0 aliphatic carbocycles. The van der Waals surface area contributed by atoms with E-state index in [2.05, 4.69) is 6.58 Å². The Hall–Kier alpha value is -1.66. The molecule has 0 fully saturated rings. The summed E-state index contributed by atoms with van der Waals surface area (Å²) >= 11 is 0. The Bertz CT molecular complexity index is 235. The smallest absolute Gasteiger partial charge is 0.0159 e. The van der Waals surface area contributed by atoms with Crippen LogP contribution in [0.4, 0.5) is 0 Å². The van der Waals surface area contributed by atoms with E-state index in [0.717, 1.165) is 0 Å². The van der Waals surface area contributed by atoms with Gasteiger partial charge >= 0.3 is 0 Å². The summed E-state index contributed by atoms with van der Waals surface area (Å²) in [6, 6.07) is 10.0. The van der Waals surface area contributed by atoms with Crippen molar-refractivity contribution in [2.75, 3.05) is 0 Å². The van der Waals surface area contributed by atoms with Crippen LogP contribution in [0.5, 0.6) is 0 Å². The molecule has 0 aromatic heterocycles. The first-order chi connectivity index (χ1) is 5.35. The molecule has 1 aromatic carbocycles. The summed E-state index contributed by atoms with van der Waals surface area (Å²) in [6.07, 6.45) is 2.33. The predicted molar refractivity (Wildman–Crippen MR) is 45.6 cm³/mol. The third kappa shape index (κ3) is 4.82. The molecule has 2 nitrogen and oxygen atoms in total. The van der Waals surface area contributed by atoms with Gasteiger partial charge in [-0.1, -0.05) is 43.0 Å². The minimum Gasteiger partial charge on any atom is -0.724 e. The Morgan fingerprint density at radius 1 is 1.36 bits per heavy atom. The Morgan fingerprint density at radius 2 is 1.82 bits per heavy atom. The van der Waals surface area contributed by atoms with Gasteiger partial charge in [-0.2, -0.15) is 0 Å². The molecule has 0 unspecified atom stereocenters. The van der Waals surface area contributed by atoms with Gasteiger partial charge in [-0.25, -0.2) is 0 Å². The van der Waals surface area contributed by atoms with Gasteiger partial charge in [0.15, 0.2) is 0 Å². The first-order valence-electron chi connectivity index (χ1n) is 3.04. The third-order valence-electron chi connectivity index (χ3n) is 1.04. The Labute approximate surface area is 65.7 Å². The van der Waals surface area contributed by atoms with Crippen LogP contribution in [0, 0.1) is 0 Å². The zero-order chi connectivity index (χ0) is 8.53. The van der Waals surface area contributed by atoms with E-state index in [1.807, 2.05) is 36.4 Å². The van der Waals surface area contributed by atoms with E-state index < -0.39 is 0 Å². The summed E-state index contributed by atoms with van der Waals surface area (Å²) in [5, 5.41) is 6.76.